The van der Waals surface area contributed by atoms with E-state index in [9.17, 15) is 4.79 Å². The van der Waals surface area contributed by atoms with Crippen LogP contribution >= 0.6 is 0 Å². The topological polar surface area (TPSA) is 17.1 Å². The first-order valence-electron chi connectivity index (χ1n) is 6.33. The minimum atomic E-state index is 0.139. The van der Waals surface area contributed by atoms with Gasteiger partial charge < -0.3 is 0 Å². The quantitative estimate of drug-likeness (QED) is 0.610. The standard InChI is InChI=1S/C15H22O/c1-10-9-12(6-8-14(10)16)13-7-5-11(2)15(13,3)4/h5,9-10,13H,6-8H2,1-4H3. The molecule has 0 N–H and O–H groups in total. The molecule has 0 aromatic carbocycles. The molecule has 0 fully saturated rings. The fourth-order valence-corrected chi connectivity index (χ4v) is 3.02. The van der Waals surface area contributed by atoms with Crippen molar-refractivity contribution >= 4 is 5.78 Å². The van der Waals surface area contributed by atoms with Gasteiger partial charge in [-0.1, -0.05) is 44.1 Å². The van der Waals surface area contributed by atoms with E-state index < -0.39 is 0 Å². The maximum absolute atomic E-state index is 11.5. The third kappa shape index (κ3) is 1.77. The molecule has 0 spiro atoms. The van der Waals surface area contributed by atoms with Gasteiger partial charge in [-0.3, -0.25) is 4.79 Å². The van der Waals surface area contributed by atoms with Crippen LogP contribution in [0.4, 0.5) is 0 Å². The lowest BCUT2D eigenvalue weighted by molar-refractivity contribution is -0.121. The summed E-state index contributed by atoms with van der Waals surface area (Å²) < 4.78 is 0. The largest absolute Gasteiger partial charge is 0.299 e. The fourth-order valence-electron chi connectivity index (χ4n) is 3.02. The normalized spacial score (nSPS) is 33.6. The van der Waals surface area contributed by atoms with Crippen LogP contribution in [0.5, 0.6) is 0 Å². The highest BCUT2D eigenvalue weighted by Crippen LogP contribution is 2.48. The van der Waals surface area contributed by atoms with Gasteiger partial charge in [-0.15, -0.1) is 0 Å². The van der Waals surface area contributed by atoms with E-state index in [1.54, 1.807) is 0 Å². The predicted molar refractivity (Wildman–Crippen MR) is 67.1 cm³/mol. The molecule has 2 rings (SSSR count). The van der Waals surface area contributed by atoms with Gasteiger partial charge in [-0.05, 0) is 31.1 Å². The van der Waals surface area contributed by atoms with Gasteiger partial charge in [0.05, 0.1) is 0 Å². The Kier molecular flexibility index (Phi) is 2.81. The summed E-state index contributed by atoms with van der Waals surface area (Å²) in [4.78, 5) is 11.5. The SMILES string of the molecule is CC1=CCC(C2=CC(C)C(=O)CC2)C1(C)C. The Bertz CT molecular complexity index is 371. The third-order valence-corrected chi connectivity index (χ3v) is 4.63. The molecule has 2 atom stereocenters. The van der Waals surface area contributed by atoms with Crippen LogP contribution in [0.15, 0.2) is 23.3 Å². The van der Waals surface area contributed by atoms with Crippen molar-refractivity contribution in [2.24, 2.45) is 17.3 Å². The molecule has 16 heavy (non-hydrogen) atoms. The molecule has 2 aliphatic carbocycles. The number of rotatable bonds is 1. The average Bonchev–Trinajstić information content (AvgIpc) is 2.47. The first kappa shape index (κ1) is 11.6. The highest BCUT2D eigenvalue weighted by molar-refractivity contribution is 5.83. The number of carbonyl (C=O) groups excluding carboxylic acids is 1. The molecule has 1 heteroatoms. The molecule has 0 heterocycles. The molecule has 0 aliphatic heterocycles. The summed E-state index contributed by atoms with van der Waals surface area (Å²) >= 11 is 0. The van der Waals surface area contributed by atoms with E-state index in [4.69, 9.17) is 0 Å². The third-order valence-electron chi connectivity index (χ3n) is 4.63. The second-order valence-corrected chi connectivity index (χ2v) is 5.89. The Hall–Kier alpha value is -0.850. The van der Waals surface area contributed by atoms with E-state index in [0.29, 0.717) is 11.7 Å². The molecule has 0 radical (unpaired) electrons. The van der Waals surface area contributed by atoms with Crippen LogP contribution in [0.3, 0.4) is 0 Å². The van der Waals surface area contributed by atoms with Gasteiger partial charge in [-0.25, -0.2) is 0 Å². The average molecular weight is 218 g/mol. The van der Waals surface area contributed by atoms with E-state index in [1.807, 2.05) is 6.92 Å². The summed E-state index contributed by atoms with van der Waals surface area (Å²) in [6, 6.07) is 0. The maximum Gasteiger partial charge on any atom is 0.139 e. The van der Waals surface area contributed by atoms with Crippen LogP contribution in [0, 0.1) is 17.3 Å². The van der Waals surface area contributed by atoms with Crippen LogP contribution in [0.1, 0.15) is 47.0 Å². The maximum atomic E-state index is 11.5. The number of hydrogen-bond acceptors (Lipinski definition) is 1. The highest BCUT2D eigenvalue weighted by Gasteiger charge is 2.38. The van der Waals surface area contributed by atoms with Gasteiger partial charge in [0, 0.05) is 12.3 Å². The summed E-state index contributed by atoms with van der Waals surface area (Å²) in [6.45, 7) is 8.93. The minimum Gasteiger partial charge on any atom is -0.299 e. The van der Waals surface area contributed by atoms with Gasteiger partial charge >= 0.3 is 0 Å². The second kappa shape index (κ2) is 3.87. The highest BCUT2D eigenvalue weighted by atomic mass is 16.1. The molecular formula is C15H22O. The van der Waals surface area contributed by atoms with Crippen molar-refractivity contribution in [1.29, 1.82) is 0 Å². The molecular weight excluding hydrogens is 196 g/mol. The number of ketones is 1. The van der Waals surface area contributed by atoms with Gasteiger partial charge in [0.2, 0.25) is 0 Å². The van der Waals surface area contributed by atoms with Crippen molar-refractivity contribution in [2.45, 2.75) is 47.0 Å². The molecule has 0 saturated carbocycles. The molecule has 1 nitrogen and oxygen atoms in total. The Morgan fingerprint density at radius 2 is 2.00 bits per heavy atom. The first-order chi connectivity index (χ1) is 7.43. The second-order valence-electron chi connectivity index (χ2n) is 5.89. The molecule has 0 bridgehead atoms. The molecule has 0 saturated heterocycles. The van der Waals surface area contributed by atoms with E-state index in [-0.39, 0.29) is 11.3 Å². The van der Waals surface area contributed by atoms with Crippen LogP contribution < -0.4 is 0 Å². The zero-order chi connectivity index (χ0) is 11.9. The van der Waals surface area contributed by atoms with Crippen LogP contribution in [-0.4, -0.2) is 5.78 Å². The molecule has 0 aromatic heterocycles. The van der Waals surface area contributed by atoms with Crippen molar-refractivity contribution < 1.29 is 4.79 Å². The van der Waals surface area contributed by atoms with E-state index >= 15 is 0 Å². The zero-order valence-electron chi connectivity index (χ0n) is 10.8. The first-order valence-corrected chi connectivity index (χ1v) is 6.33. The Balaban J connectivity index is 2.22. The van der Waals surface area contributed by atoms with Crippen molar-refractivity contribution in [2.75, 3.05) is 0 Å². The minimum absolute atomic E-state index is 0.139. The number of allylic oxidation sites excluding steroid dienone is 4. The van der Waals surface area contributed by atoms with E-state index in [2.05, 4.69) is 32.9 Å². The Morgan fingerprint density at radius 3 is 2.50 bits per heavy atom. The summed E-state index contributed by atoms with van der Waals surface area (Å²) in [7, 11) is 0. The lowest BCUT2D eigenvalue weighted by atomic mass is 9.70. The molecule has 2 unspecified atom stereocenters. The Morgan fingerprint density at radius 1 is 1.31 bits per heavy atom. The lowest BCUT2D eigenvalue weighted by Gasteiger charge is -2.33. The van der Waals surface area contributed by atoms with Gasteiger partial charge in [0.15, 0.2) is 0 Å². The molecule has 0 amide bonds. The molecule has 88 valence electrons. The zero-order valence-corrected chi connectivity index (χ0v) is 10.8. The molecule has 0 aromatic rings. The summed E-state index contributed by atoms with van der Waals surface area (Å²) in [5, 5.41) is 0. The van der Waals surface area contributed by atoms with E-state index in [0.717, 1.165) is 19.3 Å². The van der Waals surface area contributed by atoms with Crippen molar-refractivity contribution in [3.8, 4) is 0 Å². The Labute approximate surface area is 98.6 Å². The van der Waals surface area contributed by atoms with Gasteiger partial charge in [0.25, 0.3) is 0 Å². The van der Waals surface area contributed by atoms with Crippen molar-refractivity contribution in [3.63, 3.8) is 0 Å². The summed E-state index contributed by atoms with van der Waals surface area (Å²) in [5.74, 6) is 1.17. The number of Topliss-reactive ketones (excluding diaryl/α,β-unsaturated/α-hetero) is 1. The summed E-state index contributed by atoms with van der Waals surface area (Å²) in [6.07, 6.45) is 7.49. The van der Waals surface area contributed by atoms with E-state index in [1.165, 1.54) is 11.1 Å². The van der Waals surface area contributed by atoms with Gasteiger partial charge in [-0.2, -0.15) is 0 Å². The van der Waals surface area contributed by atoms with Crippen LogP contribution in [0.25, 0.3) is 0 Å². The predicted octanol–water partition coefficient (Wildman–Crippen LogP) is 3.90. The lowest BCUT2D eigenvalue weighted by Crippen LogP contribution is -2.26. The number of hydrogen-bond donors (Lipinski definition) is 0. The summed E-state index contributed by atoms with van der Waals surface area (Å²) in [5.41, 5.74) is 3.31. The number of carbonyl (C=O) groups is 1. The fraction of sp³-hybridized carbons (Fsp3) is 0.667. The van der Waals surface area contributed by atoms with Crippen LogP contribution in [0.2, 0.25) is 0 Å². The van der Waals surface area contributed by atoms with Crippen LogP contribution in [-0.2, 0) is 4.79 Å². The van der Waals surface area contributed by atoms with Crippen molar-refractivity contribution in [1.82, 2.24) is 0 Å². The van der Waals surface area contributed by atoms with Gasteiger partial charge in [0.1, 0.15) is 5.78 Å². The molecule has 2 aliphatic rings. The monoisotopic (exact) mass is 218 g/mol. The van der Waals surface area contributed by atoms with Crippen molar-refractivity contribution in [3.05, 3.63) is 23.3 Å². The smallest absolute Gasteiger partial charge is 0.139 e.